The molecule has 0 radical (unpaired) electrons. The highest BCUT2D eigenvalue weighted by Gasteiger charge is 2.24. The van der Waals surface area contributed by atoms with E-state index in [9.17, 15) is 4.39 Å². The molecule has 4 nitrogen and oxygen atoms in total. The van der Waals surface area contributed by atoms with Gasteiger partial charge in [-0.15, -0.1) is 0 Å². The molecule has 2 N–H and O–H groups in total. The number of anilines is 2. The Labute approximate surface area is 94.9 Å². The van der Waals surface area contributed by atoms with Crippen LogP contribution < -0.4 is 10.6 Å². The topological polar surface area (TPSA) is 45.4 Å². The molecule has 0 saturated carbocycles. The molecule has 88 valence electrons. The third-order valence-electron chi connectivity index (χ3n) is 3.09. The van der Waals surface area contributed by atoms with Gasteiger partial charge < -0.3 is 10.6 Å². The van der Waals surface area contributed by atoms with Crippen molar-refractivity contribution in [2.45, 2.75) is 6.04 Å². The zero-order valence-electron chi connectivity index (χ0n) is 9.43. The van der Waals surface area contributed by atoms with Gasteiger partial charge in [-0.1, -0.05) is 0 Å². The Morgan fingerprint density at radius 1 is 1.50 bits per heavy atom. The van der Waals surface area contributed by atoms with Crippen molar-refractivity contribution in [1.29, 1.82) is 0 Å². The smallest absolute Gasteiger partial charge is 0.123 e. The van der Waals surface area contributed by atoms with Crippen LogP contribution in [0, 0.1) is 0 Å². The maximum absolute atomic E-state index is 12.8. The van der Waals surface area contributed by atoms with E-state index in [1.165, 1.54) is 0 Å². The fourth-order valence-electron chi connectivity index (χ4n) is 1.93. The highest BCUT2D eigenvalue weighted by Crippen LogP contribution is 2.18. The predicted octanol–water partition coefficient (Wildman–Crippen LogP) is 0.754. The number of pyridine rings is 1. The average Bonchev–Trinajstić information content (AvgIpc) is 2.31. The van der Waals surface area contributed by atoms with Gasteiger partial charge in [0.1, 0.15) is 12.5 Å². The third-order valence-corrected chi connectivity index (χ3v) is 3.09. The molecule has 2 rings (SSSR count). The highest BCUT2D eigenvalue weighted by atomic mass is 19.1. The first-order chi connectivity index (χ1) is 7.70. The molecule has 0 bridgehead atoms. The van der Waals surface area contributed by atoms with Gasteiger partial charge >= 0.3 is 0 Å². The average molecular weight is 224 g/mol. The van der Waals surface area contributed by atoms with Crippen LogP contribution in [0.25, 0.3) is 0 Å². The zero-order valence-corrected chi connectivity index (χ0v) is 9.43. The third kappa shape index (κ3) is 2.24. The van der Waals surface area contributed by atoms with Crippen LogP contribution in [0.5, 0.6) is 0 Å². The molecule has 16 heavy (non-hydrogen) atoms. The molecule has 1 unspecified atom stereocenters. The van der Waals surface area contributed by atoms with Gasteiger partial charge in [0.2, 0.25) is 0 Å². The Balaban J connectivity index is 2.08. The van der Waals surface area contributed by atoms with Crippen LogP contribution in [-0.2, 0) is 0 Å². The second-order valence-electron chi connectivity index (χ2n) is 4.18. The van der Waals surface area contributed by atoms with Gasteiger partial charge in [-0.3, -0.25) is 4.90 Å². The summed E-state index contributed by atoms with van der Waals surface area (Å²) in [7, 11) is 1.96. The monoisotopic (exact) mass is 224 g/mol. The number of aromatic nitrogens is 1. The molecule has 1 aromatic heterocycles. The molecular weight excluding hydrogens is 207 g/mol. The first kappa shape index (κ1) is 11.1. The van der Waals surface area contributed by atoms with Crippen molar-refractivity contribution in [2.75, 3.05) is 44.0 Å². The minimum Gasteiger partial charge on any atom is -0.384 e. The lowest BCUT2D eigenvalue weighted by molar-refractivity contribution is 0.183. The largest absolute Gasteiger partial charge is 0.384 e. The fourth-order valence-corrected chi connectivity index (χ4v) is 1.93. The lowest BCUT2D eigenvalue weighted by Gasteiger charge is -2.39. The molecule has 2 heterocycles. The van der Waals surface area contributed by atoms with Crippen molar-refractivity contribution in [2.24, 2.45) is 0 Å². The van der Waals surface area contributed by atoms with E-state index >= 15 is 0 Å². The second kappa shape index (κ2) is 4.65. The molecule has 1 aliphatic rings. The Kier molecular flexibility index (Phi) is 3.24. The van der Waals surface area contributed by atoms with Gasteiger partial charge in [-0.2, -0.15) is 0 Å². The Morgan fingerprint density at radius 3 is 2.94 bits per heavy atom. The molecule has 1 fully saturated rings. The van der Waals surface area contributed by atoms with E-state index in [4.69, 9.17) is 5.73 Å². The van der Waals surface area contributed by atoms with E-state index in [0.29, 0.717) is 12.4 Å². The van der Waals surface area contributed by atoms with E-state index in [1.807, 2.05) is 13.1 Å². The standard InChI is InChI=1S/C11H17FN4/c1-15-4-5-16(8-10(15)6-12)9-2-3-11(13)14-7-9/h2-3,7,10H,4-6,8H2,1H3,(H2,13,14). The number of hydrogen-bond acceptors (Lipinski definition) is 4. The molecule has 0 amide bonds. The summed E-state index contributed by atoms with van der Waals surface area (Å²) >= 11 is 0. The van der Waals surface area contributed by atoms with Crippen LogP contribution in [-0.4, -0.2) is 49.3 Å². The first-order valence-electron chi connectivity index (χ1n) is 5.43. The molecule has 1 aromatic rings. The van der Waals surface area contributed by atoms with Crippen LogP contribution in [0.1, 0.15) is 0 Å². The SMILES string of the molecule is CN1CCN(c2ccc(N)nc2)CC1CF. The lowest BCUT2D eigenvalue weighted by atomic mass is 10.2. The molecule has 5 heteroatoms. The van der Waals surface area contributed by atoms with Crippen molar-refractivity contribution in [3.8, 4) is 0 Å². The molecule has 1 saturated heterocycles. The summed E-state index contributed by atoms with van der Waals surface area (Å²) < 4.78 is 12.8. The summed E-state index contributed by atoms with van der Waals surface area (Å²) in [6.45, 7) is 2.17. The van der Waals surface area contributed by atoms with Crippen molar-refractivity contribution in [3.05, 3.63) is 18.3 Å². The summed E-state index contributed by atoms with van der Waals surface area (Å²) in [6.07, 6.45) is 1.75. The minimum absolute atomic E-state index is 0.0219. The van der Waals surface area contributed by atoms with Gasteiger partial charge in [0.05, 0.1) is 17.9 Å². The van der Waals surface area contributed by atoms with Crippen LogP contribution in [0.15, 0.2) is 18.3 Å². The van der Waals surface area contributed by atoms with Gasteiger partial charge in [0.25, 0.3) is 0 Å². The maximum atomic E-state index is 12.8. The molecular formula is C11H17FN4. The van der Waals surface area contributed by atoms with E-state index in [2.05, 4.69) is 14.8 Å². The number of alkyl halides is 1. The van der Waals surface area contributed by atoms with Crippen LogP contribution >= 0.6 is 0 Å². The fraction of sp³-hybridized carbons (Fsp3) is 0.545. The van der Waals surface area contributed by atoms with Crippen molar-refractivity contribution in [1.82, 2.24) is 9.88 Å². The number of halogens is 1. The number of likely N-dealkylation sites (N-methyl/N-ethyl adjacent to an activating group) is 1. The van der Waals surface area contributed by atoms with Crippen molar-refractivity contribution in [3.63, 3.8) is 0 Å². The molecule has 0 spiro atoms. The first-order valence-corrected chi connectivity index (χ1v) is 5.43. The van der Waals surface area contributed by atoms with Crippen molar-refractivity contribution < 1.29 is 4.39 Å². The van der Waals surface area contributed by atoms with Gasteiger partial charge in [0.15, 0.2) is 0 Å². The Morgan fingerprint density at radius 2 is 2.31 bits per heavy atom. The van der Waals surface area contributed by atoms with E-state index in [0.717, 1.165) is 18.8 Å². The number of nitrogens with two attached hydrogens (primary N) is 1. The minimum atomic E-state index is -0.310. The summed E-state index contributed by atoms with van der Waals surface area (Å²) in [5.74, 6) is 0.514. The number of rotatable bonds is 2. The van der Waals surface area contributed by atoms with Gasteiger partial charge in [-0.25, -0.2) is 9.37 Å². The lowest BCUT2D eigenvalue weighted by Crippen LogP contribution is -2.52. The molecule has 0 aliphatic carbocycles. The molecule has 1 atom stereocenters. The summed E-state index contributed by atoms with van der Waals surface area (Å²) in [5.41, 5.74) is 6.55. The summed E-state index contributed by atoms with van der Waals surface area (Å²) in [5, 5.41) is 0. The highest BCUT2D eigenvalue weighted by molar-refractivity contribution is 5.48. The molecule has 0 aromatic carbocycles. The summed E-state index contributed by atoms with van der Waals surface area (Å²) in [6, 6.07) is 3.69. The molecule has 1 aliphatic heterocycles. The predicted molar refractivity (Wildman–Crippen MR) is 63.3 cm³/mol. The second-order valence-corrected chi connectivity index (χ2v) is 4.18. The van der Waals surface area contributed by atoms with Crippen LogP contribution in [0.3, 0.4) is 0 Å². The van der Waals surface area contributed by atoms with Gasteiger partial charge in [0, 0.05) is 19.6 Å². The number of nitrogens with zero attached hydrogens (tertiary/aromatic N) is 3. The number of hydrogen-bond donors (Lipinski definition) is 1. The Bertz CT molecular complexity index is 340. The zero-order chi connectivity index (χ0) is 11.5. The quantitative estimate of drug-likeness (QED) is 0.805. The number of nitrogen functional groups attached to an aromatic ring is 1. The number of piperazine rings is 1. The normalized spacial score (nSPS) is 22.4. The van der Waals surface area contributed by atoms with Crippen LogP contribution in [0.4, 0.5) is 15.9 Å². The summed E-state index contributed by atoms with van der Waals surface area (Å²) in [4.78, 5) is 8.26. The van der Waals surface area contributed by atoms with Crippen molar-refractivity contribution >= 4 is 11.5 Å². The Hall–Kier alpha value is -1.36. The van der Waals surface area contributed by atoms with Gasteiger partial charge in [-0.05, 0) is 19.2 Å². The van der Waals surface area contributed by atoms with Crippen LogP contribution in [0.2, 0.25) is 0 Å². The van der Waals surface area contributed by atoms with E-state index in [-0.39, 0.29) is 12.7 Å². The maximum Gasteiger partial charge on any atom is 0.123 e. The van der Waals surface area contributed by atoms with E-state index in [1.54, 1.807) is 12.3 Å². The van der Waals surface area contributed by atoms with E-state index < -0.39 is 0 Å².